The fourth-order valence-corrected chi connectivity index (χ4v) is 2.06. The van der Waals surface area contributed by atoms with Crippen molar-refractivity contribution >= 4 is 5.91 Å². The molecule has 1 saturated heterocycles. The highest BCUT2D eigenvalue weighted by atomic mass is 19.1. The van der Waals surface area contributed by atoms with E-state index in [0.29, 0.717) is 17.9 Å². The third-order valence-electron chi connectivity index (χ3n) is 3.01. The Labute approximate surface area is 106 Å². The van der Waals surface area contributed by atoms with Crippen LogP contribution in [0.5, 0.6) is 5.75 Å². The first-order chi connectivity index (χ1) is 8.69. The second-order valence-corrected chi connectivity index (χ2v) is 4.37. The Morgan fingerprint density at radius 3 is 3.06 bits per heavy atom. The van der Waals surface area contributed by atoms with Gasteiger partial charge in [0, 0.05) is 12.6 Å². The molecule has 1 aromatic carbocycles. The first kappa shape index (κ1) is 12.8. The Bertz CT molecular complexity index is 431. The molecular formula is C13H17FN2O2. The number of carbonyl (C=O) groups excluding carboxylic acids is 1. The van der Waals surface area contributed by atoms with Crippen molar-refractivity contribution in [2.24, 2.45) is 0 Å². The molecule has 5 heteroatoms. The Morgan fingerprint density at radius 1 is 1.56 bits per heavy atom. The Morgan fingerprint density at radius 2 is 2.39 bits per heavy atom. The summed E-state index contributed by atoms with van der Waals surface area (Å²) in [4.78, 5) is 11.8. The lowest BCUT2D eigenvalue weighted by Crippen LogP contribution is -2.40. The van der Waals surface area contributed by atoms with Crippen LogP contribution in [0.1, 0.15) is 18.4 Å². The van der Waals surface area contributed by atoms with Crippen LogP contribution in [0.2, 0.25) is 0 Å². The van der Waals surface area contributed by atoms with Crippen LogP contribution in [0.4, 0.5) is 4.39 Å². The molecule has 1 heterocycles. The van der Waals surface area contributed by atoms with Crippen molar-refractivity contribution in [2.45, 2.75) is 25.4 Å². The lowest BCUT2D eigenvalue weighted by atomic mass is 10.2. The molecule has 1 aliphatic rings. The summed E-state index contributed by atoms with van der Waals surface area (Å²) in [5.41, 5.74) is 0.693. The van der Waals surface area contributed by atoms with Crippen molar-refractivity contribution in [2.75, 3.05) is 13.7 Å². The van der Waals surface area contributed by atoms with Crippen LogP contribution in [0.15, 0.2) is 18.2 Å². The van der Waals surface area contributed by atoms with Gasteiger partial charge in [0.2, 0.25) is 5.91 Å². The number of carbonyl (C=O) groups is 1. The Balaban J connectivity index is 1.92. The van der Waals surface area contributed by atoms with Crippen molar-refractivity contribution in [3.63, 3.8) is 0 Å². The van der Waals surface area contributed by atoms with Crippen molar-refractivity contribution in [3.05, 3.63) is 29.6 Å². The summed E-state index contributed by atoms with van der Waals surface area (Å²) in [6.07, 6.45) is 1.88. The molecule has 0 aliphatic carbocycles. The van der Waals surface area contributed by atoms with Gasteiger partial charge in [-0.25, -0.2) is 4.39 Å². The largest absolute Gasteiger partial charge is 0.497 e. The van der Waals surface area contributed by atoms with Crippen LogP contribution < -0.4 is 15.4 Å². The zero-order chi connectivity index (χ0) is 13.0. The molecule has 1 atom stereocenters. The highest BCUT2D eigenvalue weighted by molar-refractivity contribution is 5.81. The van der Waals surface area contributed by atoms with Gasteiger partial charge in [0.05, 0.1) is 13.2 Å². The van der Waals surface area contributed by atoms with Gasteiger partial charge >= 0.3 is 0 Å². The molecule has 1 aliphatic heterocycles. The first-order valence-electron chi connectivity index (χ1n) is 6.03. The molecule has 2 rings (SSSR count). The normalized spacial score (nSPS) is 18.7. The van der Waals surface area contributed by atoms with E-state index in [0.717, 1.165) is 19.4 Å². The van der Waals surface area contributed by atoms with Gasteiger partial charge in [-0.05, 0) is 37.1 Å². The molecule has 1 unspecified atom stereocenters. The second-order valence-electron chi connectivity index (χ2n) is 4.37. The average Bonchev–Trinajstić information content (AvgIpc) is 2.89. The fourth-order valence-electron chi connectivity index (χ4n) is 2.06. The zero-order valence-corrected chi connectivity index (χ0v) is 10.3. The summed E-state index contributed by atoms with van der Waals surface area (Å²) in [6.45, 7) is 1.19. The minimum absolute atomic E-state index is 0.0317. The van der Waals surface area contributed by atoms with Crippen LogP contribution in [0.25, 0.3) is 0 Å². The summed E-state index contributed by atoms with van der Waals surface area (Å²) in [6, 6.07) is 4.31. The van der Waals surface area contributed by atoms with Crippen LogP contribution in [0, 0.1) is 5.82 Å². The molecule has 1 amide bonds. The van der Waals surface area contributed by atoms with E-state index in [4.69, 9.17) is 4.74 Å². The Hall–Kier alpha value is -1.62. The summed E-state index contributed by atoms with van der Waals surface area (Å²) >= 11 is 0. The van der Waals surface area contributed by atoms with Crippen molar-refractivity contribution in [1.82, 2.24) is 10.6 Å². The number of nitrogens with one attached hydrogen (secondary N) is 2. The molecule has 0 saturated carbocycles. The van der Waals surface area contributed by atoms with Crippen LogP contribution in [-0.2, 0) is 11.3 Å². The quantitative estimate of drug-likeness (QED) is 0.846. The Kier molecular flexibility index (Phi) is 4.15. The smallest absolute Gasteiger partial charge is 0.237 e. The summed E-state index contributed by atoms with van der Waals surface area (Å²) in [5, 5.41) is 5.91. The lowest BCUT2D eigenvalue weighted by Gasteiger charge is -2.11. The van der Waals surface area contributed by atoms with Gasteiger partial charge in [0.15, 0.2) is 0 Å². The number of methoxy groups -OCH3 is 1. The molecule has 18 heavy (non-hydrogen) atoms. The first-order valence-corrected chi connectivity index (χ1v) is 6.03. The number of rotatable bonds is 4. The summed E-state index contributed by atoms with van der Waals surface area (Å²) in [5.74, 6) is 0.0616. The predicted molar refractivity (Wildman–Crippen MR) is 65.8 cm³/mol. The third-order valence-corrected chi connectivity index (χ3v) is 3.01. The van der Waals surface area contributed by atoms with E-state index in [9.17, 15) is 9.18 Å². The highest BCUT2D eigenvalue weighted by Crippen LogP contribution is 2.16. The molecule has 0 bridgehead atoms. The average molecular weight is 252 g/mol. The molecule has 98 valence electrons. The van der Waals surface area contributed by atoms with E-state index in [-0.39, 0.29) is 17.8 Å². The molecule has 1 aromatic rings. The van der Waals surface area contributed by atoms with Crippen LogP contribution in [0.3, 0.4) is 0 Å². The van der Waals surface area contributed by atoms with Crippen LogP contribution in [-0.4, -0.2) is 25.6 Å². The minimum atomic E-state index is -0.363. The van der Waals surface area contributed by atoms with E-state index in [2.05, 4.69) is 10.6 Å². The molecule has 1 fully saturated rings. The number of amides is 1. The highest BCUT2D eigenvalue weighted by Gasteiger charge is 2.21. The SMILES string of the molecule is COc1cc(F)cc(CNC(=O)C2CCCN2)c1. The van der Waals surface area contributed by atoms with Crippen LogP contribution >= 0.6 is 0 Å². The zero-order valence-electron chi connectivity index (χ0n) is 10.3. The predicted octanol–water partition coefficient (Wildman–Crippen LogP) is 1.20. The summed E-state index contributed by atoms with van der Waals surface area (Å²) in [7, 11) is 1.49. The molecule has 0 aromatic heterocycles. The van der Waals surface area contributed by atoms with Crippen molar-refractivity contribution in [3.8, 4) is 5.75 Å². The molecular weight excluding hydrogens is 235 g/mol. The maximum Gasteiger partial charge on any atom is 0.237 e. The second kappa shape index (κ2) is 5.82. The fraction of sp³-hybridized carbons (Fsp3) is 0.462. The van der Waals surface area contributed by atoms with Gasteiger partial charge < -0.3 is 15.4 Å². The van der Waals surface area contributed by atoms with Gasteiger partial charge in [-0.15, -0.1) is 0 Å². The van der Waals surface area contributed by atoms with Crippen molar-refractivity contribution < 1.29 is 13.9 Å². The lowest BCUT2D eigenvalue weighted by molar-refractivity contribution is -0.122. The van der Waals surface area contributed by atoms with Gasteiger partial charge in [-0.1, -0.05) is 0 Å². The van der Waals surface area contributed by atoms with Gasteiger partial charge in [0.25, 0.3) is 0 Å². The number of hydrogen-bond acceptors (Lipinski definition) is 3. The van der Waals surface area contributed by atoms with Gasteiger partial charge in [-0.3, -0.25) is 4.79 Å². The third kappa shape index (κ3) is 3.20. The maximum atomic E-state index is 13.2. The molecule has 2 N–H and O–H groups in total. The van der Waals surface area contributed by atoms with E-state index in [1.165, 1.54) is 19.2 Å². The van der Waals surface area contributed by atoms with E-state index in [1.54, 1.807) is 6.07 Å². The standard InChI is InChI=1S/C13H17FN2O2/c1-18-11-6-9(5-10(14)7-11)8-16-13(17)12-3-2-4-15-12/h5-7,12,15H,2-4,8H2,1H3,(H,16,17). The van der Waals surface area contributed by atoms with E-state index >= 15 is 0 Å². The summed E-state index contributed by atoms with van der Waals surface area (Å²) < 4.78 is 18.2. The van der Waals surface area contributed by atoms with Crippen molar-refractivity contribution in [1.29, 1.82) is 0 Å². The molecule has 0 spiro atoms. The van der Waals surface area contributed by atoms with Gasteiger partial charge in [-0.2, -0.15) is 0 Å². The van der Waals surface area contributed by atoms with E-state index < -0.39 is 0 Å². The number of benzene rings is 1. The van der Waals surface area contributed by atoms with Gasteiger partial charge in [0.1, 0.15) is 11.6 Å². The minimum Gasteiger partial charge on any atom is -0.497 e. The molecule has 4 nitrogen and oxygen atoms in total. The maximum absolute atomic E-state index is 13.2. The topological polar surface area (TPSA) is 50.4 Å². The molecule has 0 radical (unpaired) electrons. The van der Waals surface area contributed by atoms with E-state index in [1.807, 2.05) is 0 Å². The monoisotopic (exact) mass is 252 g/mol. The number of hydrogen-bond donors (Lipinski definition) is 2. The number of halogens is 1. The number of ether oxygens (including phenoxy) is 1.